The number of alkyl carbamates (subject to hydrolysis) is 1. The molecule has 0 radical (unpaired) electrons. The maximum Gasteiger partial charge on any atom is 0.407 e. The van der Waals surface area contributed by atoms with Crippen LogP contribution in [0.15, 0.2) is 0 Å². The van der Waals surface area contributed by atoms with Crippen molar-refractivity contribution in [2.45, 2.75) is 32.8 Å². The molecular formula is C13H23NO5. The third-order valence-corrected chi connectivity index (χ3v) is 2.89. The van der Waals surface area contributed by atoms with Crippen molar-refractivity contribution in [1.82, 2.24) is 5.32 Å². The van der Waals surface area contributed by atoms with Crippen LogP contribution < -0.4 is 5.32 Å². The molecule has 1 amide bonds. The molecule has 110 valence electrons. The summed E-state index contributed by atoms with van der Waals surface area (Å²) in [5, 5.41) is 2.67. The number of rotatable bonds is 3. The summed E-state index contributed by atoms with van der Waals surface area (Å²) in [6.45, 7) is 6.72. The van der Waals surface area contributed by atoms with E-state index in [1.165, 1.54) is 7.11 Å². The Morgan fingerprint density at radius 3 is 2.63 bits per heavy atom. The van der Waals surface area contributed by atoms with Gasteiger partial charge in [0.2, 0.25) is 0 Å². The smallest absolute Gasteiger partial charge is 0.407 e. The van der Waals surface area contributed by atoms with Crippen LogP contribution in [0.3, 0.4) is 0 Å². The van der Waals surface area contributed by atoms with E-state index < -0.39 is 11.7 Å². The van der Waals surface area contributed by atoms with E-state index in [1.807, 2.05) is 0 Å². The summed E-state index contributed by atoms with van der Waals surface area (Å²) in [5.74, 6) is -0.554. The second-order valence-corrected chi connectivity index (χ2v) is 5.64. The third-order valence-electron chi connectivity index (χ3n) is 2.89. The molecule has 1 heterocycles. The Bertz CT molecular complexity index is 323. The number of methoxy groups -OCH3 is 1. The number of carbonyl (C=O) groups is 2. The normalized spacial score (nSPS) is 23.6. The van der Waals surface area contributed by atoms with Gasteiger partial charge in [0.25, 0.3) is 0 Å². The van der Waals surface area contributed by atoms with Crippen molar-refractivity contribution in [3.63, 3.8) is 0 Å². The van der Waals surface area contributed by atoms with Crippen LogP contribution in [0.4, 0.5) is 4.79 Å². The van der Waals surface area contributed by atoms with Gasteiger partial charge >= 0.3 is 12.1 Å². The van der Waals surface area contributed by atoms with E-state index in [1.54, 1.807) is 20.8 Å². The highest BCUT2D eigenvalue weighted by Gasteiger charge is 2.32. The zero-order valence-electron chi connectivity index (χ0n) is 12.0. The quantitative estimate of drug-likeness (QED) is 0.785. The average molecular weight is 273 g/mol. The molecule has 0 aliphatic carbocycles. The number of hydrogen-bond acceptors (Lipinski definition) is 5. The molecule has 1 N–H and O–H groups in total. The van der Waals surface area contributed by atoms with Crippen molar-refractivity contribution < 1.29 is 23.8 Å². The minimum absolute atomic E-state index is 0.0753. The number of esters is 1. The van der Waals surface area contributed by atoms with Gasteiger partial charge in [-0.2, -0.15) is 0 Å². The van der Waals surface area contributed by atoms with E-state index >= 15 is 0 Å². The number of amides is 1. The Morgan fingerprint density at radius 1 is 1.37 bits per heavy atom. The lowest BCUT2D eigenvalue weighted by atomic mass is 9.88. The summed E-state index contributed by atoms with van der Waals surface area (Å²) >= 11 is 0. The third kappa shape index (κ3) is 5.46. The Balaban J connectivity index is 2.45. The summed E-state index contributed by atoms with van der Waals surface area (Å²) in [4.78, 5) is 23.2. The molecular weight excluding hydrogens is 250 g/mol. The first-order chi connectivity index (χ1) is 8.83. The zero-order chi connectivity index (χ0) is 14.5. The topological polar surface area (TPSA) is 73.9 Å². The van der Waals surface area contributed by atoms with Crippen LogP contribution in [0.5, 0.6) is 0 Å². The van der Waals surface area contributed by atoms with E-state index in [-0.39, 0.29) is 17.8 Å². The minimum Gasteiger partial charge on any atom is -0.469 e. The first-order valence-corrected chi connectivity index (χ1v) is 6.46. The maximum absolute atomic E-state index is 11.6. The van der Waals surface area contributed by atoms with Crippen LogP contribution >= 0.6 is 0 Å². The van der Waals surface area contributed by atoms with E-state index in [9.17, 15) is 9.59 Å². The lowest BCUT2D eigenvalue weighted by Crippen LogP contribution is -2.42. The van der Waals surface area contributed by atoms with Crippen LogP contribution in [-0.2, 0) is 19.0 Å². The second-order valence-electron chi connectivity index (χ2n) is 5.64. The van der Waals surface area contributed by atoms with Gasteiger partial charge in [0.1, 0.15) is 5.60 Å². The highest BCUT2D eigenvalue weighted by atomic mass is 16.6. The van der Waals surface area contributed by atoms with Gasteiger partial charge < -0.3 is 19.5 Å². The Hall–Kier alpha value is -1.30. The molecule has 1 fully saturated rings. The molecule has 0 unspecified atom stereocenters. The molecule has 0 aromatic carbocycles. The van der Waals surface area contributed by atoms with Gasteiger partial charge in [0.15, 0.2) is 0 Å². The molecule has 6 nitrogen and oxygen atoms in total. The second kappa shape index (κ2) is 6.75. The molecule has 1 saturated heterocycles. The van der Waals surface area contributed by atoms with E-state index in [4.69, 9.17) is 14.2 Å². The Labute approximate surface area is 113 Å². The highest BCUT2D eigenvalue weighted by Crippen LogP contribution is 2.22. The molecule has 1 aliphatic rings. The first kappa shape index (κ1) is 15.8. The van der Waals surface area contributed by atoms with Gasteiger partial charge in [-0.05, 0) is 27.2 Å². The fourth-order valence-corrected chi connectivity index (χ4v) is 1.99. The van der Waals surface area contributed by atoms with Crippen molar-refractivity contribution in [3.8, 4) is 0 Å². The SMILES string of the molecule is COC(=O)[C@H]1CCOC[C@H]1CNC(=O)OC(C)(C)C. The van der Waals surface area contributed by atoms with Crippen LogP contribution in [-0.4, -0.2) is 44.5 Å². The van der Waals surface area contributed by atoms with Crippen molar-refractivity contribution in [3.05, 3.63) is 0 Å². The number of hydrogen-bond donors (Lipinski definition) is 1. The van der Waals surface area contributed by atoms with Gasteiger partial charge in [-0.1, -0.05) is 0 Å². The first-order valence-electron chi connectivity index (χ1n) is 6.46. The minimum atomic E-state index is -0.533. The molecule has 0 spiro atoms. The van der Waals surface area contributed by atoms with Crippen molar-refractivity contribution >= 4 is 12.1 Å². The maximum atomic E-state index is 11.6. The van der Waals surface area contributed by atoms with Gasteiger partial charge in [-0.15, -0.1) is 0 Å². The Morgan fingerprint density at radius 2 is 2.05 bits per heavy atom. The molecule has 1 rings (SSSR count). The van der Waals surface area contributed by atoms with Crippen LogP contribution in [0.25, 0.3) is 0 Å². The molecule has 6 heteroatoms. The molecule has 0 saturated carbocycles. The standard InChI is InChI=1S/C13H23NO5/c1-13(2,3)19-12(16)14-7-9-8-18-6-5-10(9)11(15)17-4/h9-10H,5-8H2,1-4H3,(H,14,16)/t9-,10+/m1/s1. The summed E-state index contributed by atoms with van der Waals surface area (Å²) in [5.41, 5.74) is -0.533. The molecule has 0 bridgehead atoms. The fraction of sp³-hybridized carbons (Fsp3) is 0.846. The molecule has 19 heavy (non-hydrogen) atoms. The summed E-state index contributed by atoms with van der Waals surface area (Å²) in [6.07, 6.45) is 0.134. The summed E-state index contributed by atoms with van der Waals surface area (Å²) in [6, 6.07) is 0. The lowest BCUT2D eigenvalue weighted by Gasteiger charge is -2.30. The molecule has 2 atom stereocenters. The molecule has 0 aromatic heterocycles. The largest absolute Gasteiger partial charge is 0.469 e. The number of carbonyl (C=O) groups excluding carboxylic acids is 2. The van der Waals surface area contributed by atoms with Crippen molar-refractivity contribution in [2.24, 2.45) is 11.8 Å². The van der Waals surface area contributed by atoms with Crippen LogP contribution in [0, 0.1) is 11.8 Å². The predicted octanol–water partition coefficient (Wildman–Crippen LogP) is 1.34. The lowest BCUT2D eigenvalue weighted by molar-refractivity contribution is -0.151. The molecule has 1 aliphatic heterocycles. The summed E-state index contributed by atoms with van der Waals surface area (Å²) in [7, 11) is 1.37. The van der Waals surface area contributed by atoms with Gasteiger partial charge in [-0.25, -0.2) is 4.79 Å². The van der Waals surface area contributed by atoms with Crippen molar-refractivity contribution in [2.75, 3.05) is 26.9 Å². The highest BCUT2D eigenvalue weighted by molar-refractivity contribution is 5.73. The predicted molar refractivity (Wildman–Crippen MR) is 68.7 cm³/mol. The van der Waals surface area contributed by atoms with Crippen LogP contribution in [0.2, 0.25) is 0 Å². The number of nitrogens with one attached hydrogen (secondary N) is 1. The summed E-state index contributed by atoms with van der Waals surface area (Å²) < 4.78 is 15.3. The van der Waals surface area contributed by atoms with Gasteiger partial charge in [0, 0.05) is 19.1 Å². The van der Waals surface area contributed by atoms with Crippen LogP contribution in [0.1, 0.15) is 27.2 Å². The van der Waals surface area contributed by atoms with Gasteiger partial charge in [-0.3, -0.25) is 4.79 Å². The van der Waals surface area contributed by atoms with Gasteiger partial charge in [0.05, 0.1) is 19.6 Å². The van der Waals surface area contributed by atoms with Crippen molar-refractivity contribution in [1.29, 1.82) is 0 Å². The fourth-order valence-electron chi connectivity index (χ4n) is 1.99. The van der Waals surface area contributed by atoms with E-state index in [0.717, 1.165) is 0 Å². The van der Waals surface area contributed by atoms with E-state index in [2.05, 4.69) is 5.32 Å². The zero-order valence-corrected chi connectivity index (χ0v) is 12.0. The average Bonchev–Trinajstić information content (AvgIpc) is 2.33. The number of ether oxygens (including phenoxy) is 3. The monoisotopic (exact) mass is 273 g/mol. The molecule has 0 aromatic rings. The van der Waals surface area contributed by atoms with E-state index in [0.29, 0.717) is 26.2 Å². The Kier molecular flexibility index (Phi) is 5.60.